The van der Waals surface area contributed by atoms with Crippen LogP contribution in [0.5, 0.6) is 11.5 Å². The van der Waals surface area contributed by atoms with Crippen LogP contribution in [0.4, 0.5) is 11.4 Å². The van der Waals surface area contributed by atoms with Crippen molar-refractivity contribution < 1.29 is 22.7 Å². The maximum Gasteiger partial charge on any atom is 0.247 e. The van der Waals surface area contributed by atoms with Gasteiger partial charge < -0.3 is 14.8 Å². The van der Waals surface area contributed by atoms with Gasteiger partial charge in [0.2, 0.25) is 15.9 Å². The monoisotopic (exact) mass is 446 g/mol. The van der Waals surface area contributed by atoms with Crippen molar-refractivity contribution >= 4 is 27.3 Å². The van der Waals surface area contributed by atoms with Crippen molar-refractivity contribution in [1.82, 2.24) is 0 Å². The van der Waals surface area contributed by atoms with E-state index in [1.807, 2.05) is 19.1 Å². The van der Waals surface area contributed by atoms with E-state index in [0.717, 1.165) is 29.2 Å². The molecule has 2 aromatic carbocycles. The van der Waals surface area contributed by atoms with Crippen molar-refractivity contribution in [2.75, 3.05) is 22.5 Å². The summed E-state index contributed by atoms with van der Waals surface area (Å²) in [6, 6.07) is 12.8. The number of sulfonamides is 1. The number of carbonyl (C=O) groups excluding carboxylic acids is 1. The van der Waals surface area contributed by atoms with Gasteiger partial charge in [0.1, 0.15) is 17.5 Å². The Morgan fingerprint density at radius 1 is 1.06 bits per heavy atom. The molecule has 7 nitrogen and oxygen atoms in total. The van der Waals surface area contributed by atoms with Gasteiger partial charge in [0, 0.05) is 5.69 Å². The molecule has 1 saturated carbocycles. The van der Waals surface area contributed by atoms with Crippen LogP contribution in [0.2, 0.25) is 0 Å². The van der Waals surface area contributed by atoms with Crippen molar-refractivity contribution in [3.05, 3.63) is 48.5 Å². The summed E-state index contributed by atoms with van der Waals surface area (Å²) in [5.41, 5.74) is 0.977. The number of hydrogen-bond acceptors (Lipinski definition) is 5. The molecular weight excluding hydrogens is 416 g/mol. The van der Waals surface area contributed by atoms with Gasteiger partial charge in [0.15, 0.2) is 0 Å². The second-order valence-corrected chi connectivity index (χ2v) is 9.56. The second kappa shape index (κ2) is 10.0. The van der Waals surface area contributed by atoms with Gasteiger partial charge in [0.25, 0.3) is 0 Å². The first kappa shape index (κ1) is 22.9. The predicted molar refractivity (Wildman–Crippen MR) is 122 cm³/mol. The molecule has 3 rings (SSSR count). The highest BCUT2D eigenvalue weighted by Crippen LogP contribution is 2.26. The lowest BCUT2D eigenvalue weighted by atomic mass is 10.2. The Hall–Kier alpha value is -2.74. The summed E-state index contributed by atoms with van der Waals surface area (Å²) in [4.78, 5) is 12.8. The Morgan fingerprint density at radius 2 is 1.65 bits per heavy atom. The first-order valence-electron chi connectivity index (χ1n) is 10.6. The number of nitrogens with one attached hydrogen (secondary N) is 1. The molecule has 1 fully saturated rings. The van der Waals surface area contributed by atoms with Crippen LogP contribution in [-0.2, 0) is 14.8 Å². The third-order valence-electron chi connectivity index (χ3n) is 5.22. The molecule has 1 amide bonds. The third-order valence-corrected chi connectivity index (χ3v) is 6.46. The largest absolute Gasteiger partial charge is 0.494 e. The van der Waals surface area contributed by atoms with Crippen LogP contribution in [0.1, 0.15) is 39.5 Å². The van der Waals surface area contributed by atoms with E-state index >= 15 is 0 Å². The van der Waals surface area contributed by atoms with Crippen LogP contribution >= 0.6 is 0 Å². The van der Waals surface area contributed by atoms with Crippen LogP contribution < -0.4 is 19.1 Å². The average molecular weight is 447 g/mol. The standard InChI is InChI=1S/C23H30N2O5S/c1-4-29-20-15-11-19(12-16-20)25(31(3,27)28)17(2)23(26)24-18-9-13-22(14-10-18)30-21-7-5-6-8-21/h9-17,21H,4-8H2,1-3H3,(H,24,26)/t17-/m0/s1. The van der Waals surface area contributed by atoms with E-state index < -0.39 is 22.0 Å². The number of carbonyl (C=O) groups is 1. The molecule has 0 spiro atoms. The summed E-state index contributed by atoms with van der Waals surface area (Å²) in [6.07, 6.45) is 5.88. The van der Waals surface area contributed by atoms with Gasteiger partial charge in [-0.2, -0.15) is 0 Å². The molecular formula is C23H30N2O5S. The molecule has 0 saturated heterocycles. The fraction of sp³-hybridized carbons (Fsp3) is 0.435. The number of hydrogen-bond donors (Lipinski definition) is 1. The minimum atomic E-state index is -3.69. The Kier molecular flexibility index (Phi) is 7.43. The molecule has 0 bridgehead atoms. The lowest BCUT2D eigenvalue weighted by Crippen LogP contribution is -2.45. The Bertz CT molecular complexity index is 968. The van der Waals surface area contributed by atoms with Gasteiger partial charge >= 0.3 is 0 Å². The molecule has 0 aromatic heterocycles. The fourth-order valence-corrected chi connectivity index (χ4v) is 4.90. The molecule has 8 heteroatoms. The number of nitrogens with zero attached hydrogens (tertiary/aromatic N) is 1. The molecule has 0 heterocycles. The molecule has 2 aromatic rings. The summed E-state index contributed by atoms with van der Waals surface area (Å²) in [5.74, 6) is 0.977. The van der Waals surface area contributed by atoms with Crippen molar-refractivity contribution in [3.63, 3.8) is 0 Å². The zero-order valence-electron chi connectivity index (χ0n) is 18.2. The van der Waals surface area contributed by atoms with Crippen LogP contribution in [0, 0.1) is 0 Å². The zero-order chi connectivity index (χ0) is 22.4. The fourth-order valence-electron chi connectivity index (χ4n) is 3.73. The number of rotatable bonds is 9. The quantitative estimate of drug-likeness (QED) is 0.624. The number of amides is 1. The minimum Gasteiger partial charge on any atom is -0.494 e. The number of anilines is 2. The van der Waals surface area contributed by atoms with Gasteiger partial charge in [-0.25, -0.2) is 8.42 Å². The SMILES string of the molecule is CCOc1ccc(N([C@@H](C)C(=O)Nc2ccc(OC3CCCC3)cc2)S(C)(=O)=O)cc1. The first-order valence-corrected chi connectivity index (χ1v) is 12.4. The van der Waals surface area contributed by atoms with E-state index in [2.05, 4.69) is 5.32 Å². The van der Waals surface area contributed by atoms with Gasteiger partial charge in [-0.05, 0) is 88.1 Å². The number of benzene rings is 2. The summed E-state index contributed by atoms with van der Waals surface area (Å²) in [6.45, 7) is 3.94. The van der Waals surface area contributed by atoms with Crippen molar-refractivity contribution in [2.24, 2.45) is 0 Å². The third kappa shape index (κ3) is 6.13. The van der Waals surface area contributed by atoms with E-state index in [1.54, 1.807) is 43.3 Å². The first-order chi connectivity index (χ1) is 14.8. The highest BCUT2D eigenvalue weighted by atomic mass is 32.2. The Labute approximate surface area is 184 Å². The zero-order valence-corrected chi connectivity index (χ0v) is 19.0. The van der Waals surface area contributed by atoms with E-state index in [4.69, 9.17) is 9.47 Å². The lowest BCUT2D eigenvalue weighted by Gasteiger charge is -2.28. The van der Waals surface area contributed by atoms with Crippen LogP contribution in [-0.4, -0.2) is 39.3 Å². The highest BCUT2D eigenvalue weighted by Gasteiger charge is 2.29. The molecule has 1 N–H and O–H groups in total. The smallest absolute Gasteiger partial charge is 0.247 e. The minimum absolute atomic E-state index is 0.262. The molecule has 31 heavy (non-hydrogen) atoms. The van der Waals surface area contributed by atoms with Gasteiger partial charge in [-0.15, -0.1) is 0 Å². The summed E-state index contributed by atoms with van der Waals surface area (Å²) >= 11 is 0. The summed E-state index contributed by atoms with van der Waals surface area (Å²) in [5, 5.41) is 2.79. The van der Waals surface area contributed by atoms with E-state index in [9.17, 15) is 13.2 Å². The lowest BCUT2D eigenvalue weighted by molar-refractivity contribution is -0.116. The van der Waals surface area contributed by atoms with Gasteiger partial charge in [-0.1, -0.05) is 0 Å². The predicted octanol–water partition coefficient (Wildman–Crippen LogP) is 4.20. The normalized spacial score (nSPS) is 15.3. The van der Waals surface area contributed by atoms with E-state index in [-0.39, 0.29) is 6.10 Å². The Balaban J connectivity index is 1.69. The van der Waals surface area contributed by atoms with Crippen molar-refractivity contribution in [1.29, 1.82) is 0 Å². The molecule has 1 aliphatic rings. The molecule has 0 unspecified atom stereocenters. The van der Waals surface area contributed by atoms with Gasteiger partial charge in [-0.3, -0.25) is 9.10 Å². The molecule has 1 atom stereocenters. The molecule has 1 aliphatic carbocycles. The summed E-state index contributed by atoms with van der Waals surface area (Å²) in [7, 11) is -3.69. The van der Waals surface area contributed by atoms with Crippen molar-refractivity contribution in [2.45, 2.75) is 51.7 Å². The van der Waals surface area contributed by atoms with E-state index in [0.29, 0.717) is 23.7 Å². The maximum atomic E-state index is 12.8. The molecule has 0 aliphatic heterocycles. The Morgan fingerprint density at radius 3 is 2.19 bits per heavy atom. The molecule has 168 valence electrons. The van der Waals surface area contributed by atoms with Crippen LogP contribution in [0.15, 0.2) is 48.5 Å². The average Bonchev–Trinajstić information content (AvgIpc) is 3.23. The topological polar surface area (TPSA) is 84.9 Å². The highest BCUT2D eigenvalue weighted by molar-refractivity contribution is 7.92. The second-order valence-electron chi connectivity index (χ2n) is 7.70. The number of ether oxygens (including phenoxy) is 2. The maximum absolute atomic E-state index is 12.8. The van der Waals surface area contributed by atoms with Gasteiger partial charge in [0.05, 0.1) is 24.7 Å². The molecule has 0 radical (unpaired) electrons. The van der Waals surface area contributed by atoms with Crippen LogP contribution in [0.25, 0.3) is 0 Å². The van der Waals surface area contributed by atoms with Crippen molar-refractivity contribution in [3.8, 4) is 11.5 Å². The van der Waals surface area contributed by atoms with Crippen LogP contribution in [0.3, 0.4) is 0 Å². The summed E-state index contributed by atoms with van der Waals surface area (Å²) < 4.78 is 37.4. The van der Waals surface area contributed by atoms with E-state index in [1.165, 1.54) is 12.8 Å².